The van der Waals surface area contributed by atoms with Gasteiger partial charge in [0.15, 0.2) is 0 Å². The number of Topliss-reactive ketones (excluding diaryl/α,β-unsaturated/α-hetero) is 1. The first-order valence-corrected chi connectivity index (χ1v) is 4.50. The monoisotopic (exact) mass is 183 g/mol. The standard InChI is InChI=1S/C10H17NO2/c1-4-8-11(5-2)10(13)7-6-9(3)12/h4H,1,5-8H2,2-3H3. The van der Waals surface area contributed by atoms with Gasteiger partial charge in [-0.05, 0) is 13.8 Å². The summed E-state index contributed by atoms with van der Waals surface area (Å²) in [6.45, 7) is 8.21. The van der Waals surface area contributed by atoms with Crippen molar-refractivity contribution in [3.05, 3.63) is 12.7 Å². The van der Waals surface area contributed by atoms with Gasteiger partial charge in [0.25, 0.3) is 0 Å². The van der Waals surface area contributed by atoms with E-state index in [-0.39, 0.29) is 11.7 Å². The van der Waals surface area contributed by atoms with E-state index in [4.69, 9.17) is 0 Å². The van der Waals surface area contributed by atoms with Crippen LogP contribution in [-0.4, -0.2) is 29.7 Å². The molecule has 0 spiro atoms. The second-order valence-electron chi connectivity index (χ2n) is 2.92. The van der Waals surface area contributed by atoms with Gasteiger partial charge in [-0.2, -0.15) is 0 Å². The summed E-state index contributed by atoms with van der Waals surface area (Å²) in [4.78, 5) is 23.7. The molecule has 0 heterocycles. The SMILES string of the molecule is C=CCN(CC)C(=O)CCC(C)=O. The van der Waals surface area contributed by atoms with E-state index in [1.54, 1.807) is 11.0 Å². The average Bonchev–Trinajstić information content (AvgIpc) is 2.10. The Hall–Kier alpha value is -1.12. The Kier molecular flexibility index (Phi) is 5.85. The van der Waals surface area contributed by atoms with Crippen molar-refractivity contribution in [3.63, 3.8) is 0 Å². The van der Waals surface area contributed by atoms with Crippen molar-refractivity contribution in [2.75, 3.05) is 13.1 Å². The van der Waals surface area contributed by atoms with Gasteiger partial charge in [0.2, 0.25) is 5.91 Å². The van der Waals surface area contributed by atoms with Gasteiger partial charge in [0.05, 0.1) is 0 Å². The van der Waals surface area contributed by atoms with Crippen molar-refractivity contribution in [1.29, 1.82) is 0 Å². The Morgan fingerprint density at radius 1 is 1.38 bits per heavy atom. The minimum absolute atomic E-state index is 0.0256. The minimum atomic E-state index is 0.0256. The Labute approximate surface area is 79.4 Å². The molecule has 1 amide bonds. The smallest absolute Gasteiger partial charge is 0.223 e. The van der Waals surface area contributed by atoms with Crippen LogP contribution in [0.3, 0.4) is 0 Å². The molecule has 13 heavy (non-hydrogen) atoms. The van der Waals surface area contributed by atoms with Crippen LogP contribution in [0.5, 0.6) is 0 Å². The molecule has 0 rings (SSSR count). The lowest BCUT2D eigenvalue weighted by molar-refractivity contribution is -0.132. The Morgan fingerprint density at radius 2 is 2.00 bits per heavy atom. The molecular formula is C10H17NO2. The lowest BCUT2D eigenvalue weighted by Crippen LogP contribution is -2.30. The van der Waals surface area contributed by atoms with E-state index in [0.29, 0.717) is 25.9 Å². The molecule has 0 aromatic heterocycles. The molecule has 0 aromatic rings. The van der Waals surface area contributed by atoms with Gasteiger partial charge in [-0.3, -0.25) is 4.79 Å². The van der Waals surface area contributed by atoms with Gasteiger partial charge >= 0.3 is 0 Å². The highest BCUT2D eigenvalue weighted by atomic mass is 16.2. The molecule has 0 saturated heterocycles. The quantitative estimate of drug-likeness (QED) is 0.583. The number of rotatable bonds is 6. The van der Waals surface area contributed by atoms with Gasteiger partial charge in [0.1, 0.15) is 5.78 Å². The van der Waals surface area contributed by atoms with E-state index in [0.717, 1.165) is 0 Å². The molecule has 0 aliphatic rings. The summed E-state index contributed by atoms with van der Waals surface area (Å²) in [5, 5.41) is 0. The van der Waals surface area contributed by atoms with Gasteiger partial charge < -0.3 is 9.69 Å². The van der Waals surface area contributed by atoms with Gasteiger partial charge in [0, 0.05) is 25.9 Å². The average molecular weight is 183 g/mol. The van der Waals surface area contributed by atoms with Crippen LogP contribution in [0.15, 0.2) is 12.7 Å². The minimum Gasteiger partial charge on any atom is -0.339 e. The fourth-order valence-corrected chi connectivity index (χ4v) is 1.00. The number of carbonyl (C=O) groups is 2. The third kappa shape index (κ3) is 5.17. The van der Waals surface area contributed by atoms with Crippen LogP contribution in [0.4, 0.5) is 0 Å². The lowest BCUT2D eigenvalue weighted by Gasteiger charge is -2.18. The number of hydrogen-bond acceptors (Lipinski definition) is 2. The second-order valence-corrected chi connectivity index (χ2v) is 2.92. The molecule has 0 N–H and O–H groups in total. The zero-order valence-electron chi connectivity index (χ0n) is 8.38. The van der Waals surface area contributed by atoms with Crippen LogP contribution in [0.1, 0.15) is 26.7 Å². The van der Waals surface area contributed by atoms with E-state index in [9.17, 15) is 9.59 Å². The molecule has 0 saturated carbocycles. The second kappa shape index (κ2) is 6.40. The summed E-state index contributed by atoms with van der Waals surface area (Å²) in [7, 11) is 0. The van der Waals surface area contributed by atoms with Crippen molar-refractivity contribution in [1.82, 2.24) is 4.90 Å². The van der Waals surface area contributed by atoms with E-state index in [1.165, 1.54) is 6.92 Å². The number of carbonyl (C=O) groups excluding carboxylic acids is 2. The molecule has 3 heteroatoms. The molecule has 74 valence electrons. The molecule has 0 aromatic carbocycles. The largest absolute Gasteiger partial charge is 0.339 e. The molecule has 0 aliphatic heterocycles. The zero-order valence-corrected chi connectivity index (χ0v) is 8.38. The molecular weight excluding hydrogens is 166 g/mol. The fourth-order valence-electron chi connectivity index (χ4n) is 1.00. The Morgan fingerprint density at radius 3 is 2.38 bits per heavy atom. The van der Waals surface area contributed by atoms with E-state index in [1.807, 2.05) is 6.92 Å². The molecule has 0 atom stereocenters. The maximum absolute atomic E-state index is 11.4. The molecule has 0 radical (unpaired) electrons. The summed E-state index contributed by atoms with van der Waals surface area (Å²) < 4.78 is 0. The highest BCUT2D eigenvalue weighted by Gasteiger charge is 2.09. The van der Waals surface area contributed by atoms with Crippen molar-refractivity contribution >= 4 is 11.7 Å². The maximum Gasteiger partial charge on any atom is 0.223 e. The molecule has 0 unspecified atom stereocenters. The first-order valence-electron chi connectivity index (χ1n) is 4.50. The maximum atomic E-state index is 11.4. The number of amides is 1. The van der Waals surface area contributed by atoms with Gasteiger partial charge in [-0.15, -0.1) is 6.58 Å². The lowest BCUT2D eigenvalue weighted by atomic mass is 10.2. The molecule has 0 aliphatic carbocycles. The molecule has 0 fully saturated rings. The predicted octanol–water partition coefficient (Wildman–Crippen LogP) is 1.39. The zero-order chi connectivity index (χ0) is 10.3. The number of ketones is 1. The molecule has 3 nitrogen and oxygen atoms in total. The summed E-state index contributed by atoms with van der Waals surface area (Å²) >= 11 is 0. The summed E-state index contributed by atoms with van der Waals surface area (Å²) in [6.07, 6.45) is 2.35. The summed E-state index contributed by atoms with van der Waals surface area (Å²) in [5.41, 5.74) is 0. The van der Waals surface area contributed by atoms with Crippen LogP contribution in [0, 0.1) is 0 Å². The Balaban J connectivity index is 3.90. The van der Waals surface area contributed by atoms with Crippen LogP contribution < -0.4 is 0 Å². The first kappa shape index (κ1) is 11.9. The van der Waals surface area contributed by atoms with E-state index < -0.39 is 0 Å². The third-order valence-electron chi connectivity index (χ3n) is 1.77. The fraction of sp³-hybridized carbons (Fsp3) is 0.600. The number of hydrogen-bond donors (Lipinski definition) is 0. The third-order valence-corrected chi connectivity index (χ3v) is 1.77. The predicted molar refractivity (Wildman–Crippen MR) is 52.4 cm³/mol. The Bertz CT molecular complexity index is 199. The van der Waals surface area contributed by atoms with E-state index >= 15 is 0 Å². The van der Waals surface area contributed by atoms with Crippen LogP contribution in [-0.2, 0) is 9.59 Å². The van der Waals surface area contributed by atoms with Gasteiger partial charge in [-0.25, -0.2) is 0 Å². The topological polar surface area (TPSA) is 37.4 Å². The highest BCUT2D eigenvalue weighted by Crippen LogP contribution is 1.98. The van der Waals surface area contributed by atoms with Crippen LogP contribution in [0.2, 0.25) is 0 Å². The first-order chi connectivity index (χ1) is 6.11. The molecule has 0 bridgehead atoms. The van der Waals surface area contributed by atoms with Crippen LogP contribution >= 0.6 is 0 Å². The van der Waals surface area contributed by atoms with Crippen molar-refractivity contribution < 1.29 is 9.59 Å². The number of nitrogens with zero attached hydrogens (tertiary/aromatic N) is 1. The number of likely N-dealkylation sites (N-methyl/N-ethyl adjacent to an activating group) is 1. The van der Waals surface area contributed by atoms with Crippen molar-refractivity contribution in [2.45, 2.75) is 26.7 Å². The summed E-state index contributed by atoms with van der Waals surface area (Å²) in [5.74, 6) is 0.0839. The van der Waals surface area contributed by atoms with Crippen LogP contribution in [0.25, 0.3) is 0 Å². The van der Waals surface area contributed by atoms with Crippen molar-refractivity contribution in [2.24, 2.45) is 0 Å². The summed E-state index contributed by atoms with van der Waals surface area (Å²) in [6, 6.07) is 0. The van der Waals surface area contributed by atoms with Gasteiger partial charge in [-0.1, -0.05) is 6.08 Å². The highest BCUT2D eigenvalue weighted by molar-refractivity contribution is 5.83. The normalized spacial score (nSPS) is 9.38. The van der Waals surface area contributed by atoms with E-state index in [2.05, 4.69) is 6.58 Å². The van der Waals surface area contributed by atoms with Crippen molar-refractivity contribution in [3.8, 4) is 0 Å².